The highest BCUT2D eigenvalue weighted by molar-refractivity contribution is 5.81. The second-order valence-electron chi connectivity index (χ2n) is 5.32. The highest BCUT2D eigenvalue weighted by atomic mass is 16.3. The number of nitrogens with zero attached hydrogens (tertiary/aromatic N) is 1. The van der Waals surface area contributed by atoms with Crippen LogP contribution in [0.15, 0.2) is 23.0 Å². The Morgan fingerprint density at radius 1 is 1.45 bits per heavy atom. The molecule has 1 aliphatic rings. The zero-order chi connectivity index (χ0) is 14.1. The number of rotatable bonds is 3. The number of aliphatic hydroxyl groups excluding tert-OH is 1. The van der Waals surface area contributed by atoms with Crippen molar-refractivity contribution < 1.29 is 5.11 Å². The van der Waals surface area contributed by atoms with E-state index in [1.54, 1.807) is 18.2 Å². The van der Waals surface area contributed by atoms with Crippen molar-refractivity contribution in [1.29, 1.82) is 0 Å². The summed E-state index contributed by atoms with van der Waals surface area (Å²) in [5.41, 5.74) is 6.63. The minimum Gasteiger partial charge on any atom is -0.399 e. The number of H-pyrrole nitrogens is 1. The number of hydrogen-bond acceptors (Lipinski definition) is 5. The molecule has 1 heterocycles. The average molecular weight is 274 g/mol. The van der Waals surface area contributed by atoms with Crippen LogP contribution in [0.3, 0.4) is 0 Å². The number of fused-ring (bicyclic) bond motifs is 1. The maximum Gasteiger partial charge on any atom is 0.260 e. The lowest BCUT2D eigenvalue weighted by atomic mass is 10.1. The van der Waals surface area contributed by atoms with Gasteiger partial charge in [0.25, 0.3) is 5.56 Å². The summed E-state index contributed by atoms with van der Waals surface area (Å²) in [6.45, 7) is 0.159. The van der Waals surface area contributed by atoms with Gasteiger partial charge in [-0.2, -0.15) is 0 Å². The summed E-state index contributed by atoms with van der Waals surface area (Å²) in [6.07, 6.45) is 3.06. The molecular weight excluding hydrogens is 256 g/mol. The van der Waals surface area contributed by atoms with Gasteiger partial charge in [-0.15, -0.1) is 0 Å². The van der Waals surface area contributed by atoms with Crippen LogP contribution in [-0.2, 0) is 0 Å². The molecule has 6 nitrogen and oxygen atoms in total. The van der Waals surface area contributed by atoms with E-state index in [0.717, 1.165) is 19.3 Å². The summed E-state index contributed by atoms with van der Waals surface area (Å²) >= 11 is 0. The molecule has 1 aromatic heterocycles. The van der Waals surface area contributed by atoms with E-state index in [9.17, 15) is 9.90 Å². The molecule has 2 atom stereocenters. The molecule has 106 valence electrons. The predicted molar refractivity (Wildman–Crippen MR) is 78.6 cm³/mol. The van der Waals surface area contributed by atoms with Crippen molar-refractivity contribution >= 4 is 22.5 Å². The number of anilines is 2. The van der Waals surface area contributed by atoms with Crippen LogP contribution in [0.4, 0.5) is 11.6 Å². The lowest BCUT2D eigenvalue weighted by Crippen LogP contribution is -2.28. The van der Waals surface area contributed by atoms with Crippen LogP contribution in [0.5, 0.6) is 0 Å². The minimum absolute atomic E-state index is 0.159. The van der Waals surface area contributed by atoms with Crippen molar-refractivity contribution in [2.75, 3.05) is 17.7 Å². The third kappa shape index (κ3) is 2.34. The van der Waals surface area contributed by atoms with Crippen LogP contribution in [0.25, 0.3) is 10.9 Å². The molecule has 3 rings (SSSR count). The summed E-state index contributed by atoms with van der Waals surface area (Å²) in [6, 6.07) is 5.25. The van der Waals surface area contributed by atoms with E-state index in [1.807, 2.05) is 0 Å². The topological polar surface area (TPSA) is 104 Å². The van der Waals surface area contributed by atoms with E-state index in [-0.39, 0.29) is 24.1 Å². The van der Waals surface area contributed by atoms with Gasteiger partial charge in [-0.05, 0) is 31.0 Å². The SMILES string of the molecule is Nc1ccc2nc(NC3CCCC3CO)[nH]c(=O)c2c1. The standard InChI is InChI=1S/C14H18N4O2/c15-9-4-5-12-10(6-9)13(20)18-14(17-12)16-11-3-1-2-8(11)7-19/h4-6,8,11,19H,1-3,7,15H2,(H2,16,17,18,20). The van der Waals surface area contributed by atoms with Crippen molar-refractivity contribution in [3.05, 3.63) is 28.6 Å². The monoisotopic (exact) mass is 274 g/mol. The number of hydrogen-bond donors (Lipinski definition) is 4. The van der Waals surface area contributed by atoms with Gasteiger partial charge in [-0.25, -0.2) is 4.98 Å². The maximum absolute atomic E-state index is 12.0. The van der Waals surface area contributed by atoms with Crippen molar-refractivity contribution in [1.82, 2.24) is 9.97 Å². The van der Waals surface area contributed by atoms with Gasteiger partial charge >= 0.3 is 0 Å². The number of nitrogens with one attached hydrogen (secondary N) is 2. The van der Waals surface area contributed by atoms with E-state index >= 15 is 0 Å². The van der Waals surface area contributed by atoms with E-state index in [0.29, 0.717) is 22.5 Å². The van der Waals surface area contributed by atoms with Crippen molar-refractivity contribution in [2.45, 2.75) is 25.3 Å². The molecule has 1 aromatic carbocycles. The zero-order valence-corrected chi connectivity index (χ0v) is 11.1. The minimum atomic E-state index is -0.205. The quantitative estimate of drug-likeness (QED) is 0.627. The van der Waals surface area contributed by atoms with Crippen LogP contribution >= 0.6 is 0 Å². The maximum atomic E-state index is 12.0. The number of benzene rings is 1. The summed E-state index contributed by atoms with van der Waals surface area (Å²) in [4.78, 5) is 19.2. The number of nitrogens with two attached hydrogens (primary N) is 1. The molecule has 2 aromatic rings. The molecule has 0 radical (unpaired) electrons. The third-order valence-corrected chi connectivity index (χ3v) is 3.95. The lowest BCUT2D eigenvalue weighted by Gasteiger charge is -2.19. The van der Waals surface area contributed by atoms with Gasteiger partial charge in [0, 0.05) is 24.3 Å². The molecule has 0 aliphatic heterocycles. The fraction of sp³-hybridized carbons (Fsp3) is 0.429. The van der Waals surface area contributed by atoms with Gasteiger partial charge in [0.1, 0.15) is 0 Å². The Kier molecular flexibility index (Phi) is 3.31. The highest BCUT2D eigenvalue weighted by Crippen LogP contribution is 2.27. The first kappa shape index (κ1) is 12.9. The van der Waals surface area contributed by atoms with Crippen LogP contribution in [0.1, 0.15) is 19.3 Å². The van der Waals surface area contributed by atoms with E-state index in [4.69, 9.17) is 5.73 Å². The first-order chi connectivity index (χ1) is 9.67. The van der Waals surface area contributed by atoms with E-state index < -0.39 is 0 Å². The largest absolute Gasteiger partial charge is 0.399 e. The fourth-order valence-corrected chi connectivity index (χ4v) is 2.85. The van der Waals surface area contributed by atoms with Crippen LogP contribution in [0.2, 0.25) is 0 Å². The average Bonchev–Trinajstić information content (AvgIpc) is 2.87. The van der Waals surface area contributed by atoms with Gasteiger partial charge in [0.15, 0.2) is 0 Å². The second-order valence-corrected chi connectivity index (χ2v) is 5.32. The highest BCUT2D eigenvalue weighted by Gasteiger charge is 2.27. The van der Waals surface area contributed by atoms with Gasteiger partial charge in [-0.1, -0.05) is 6.42 Å². The summed E-state index contributed by atoms with van der Waals surface area (Å²) in [7, 11) is 0. The summed E-state index contributed by atoms with van der Waals surface area (Å²) < 4.78 is 0. The molecule has 0 saturated heterocycles. The van der Waals surface area contributed by atoms with Gasteiger partial charge in [-0.3, -0.25) is 9.78 Å². The Morgan fingerprint density at radius 2 is 2.30 bits per heavy atom. The predicted octanol–water partition coefficient (Wildman–Crippen LogP) is 1.08. The number of nitrogen functional groups attached to an aromatic ring is 1. The Morgan fingerprint density at radius 3 is 3.10 bits per heavy atom. The van der Waals surface area contributed by atoms with Crippen molar-refractivity contribution in [2.24, 2.45) is 5.92 Å². The first-order valence-electron chi connectivity index (χ1n) is 6.84. The molecule has 0 bridgehead atoms. The van der Waals surface area contributed by atoms with Gasteiger partial charge in [0.05, 0.1) is 10.9 Å². The Balaban J connectivity index is 1.93. The molecule has 1 fully saturated rings. The smallest absolute Gasteiger partial charge is 0.260 e. The summed E-state index contributed by atoms with van der Waals surface area (Å²) in [5.74, 6) is 0.681. The van der Waals surface area contributed by atoms with E-state index in [1.165, 1.54) is 0 Å². The molecule has 1 aliphatic carbocycles. The normalized spacial score (nSPS) is 22.2. The number of aliphatic hydroxyl groups is 1. The first-order valence-corrected chi connectivity index (χ1v) is 6.84. The van der Waals surface area contributed by atoms with Crippen LogP contribution < -0.4 is 16.6 Å². The number of aromatic nitrogens is 2. The molecule has 0 spiro atoms. The Hall–Kier alpha value is -2.08. The fourth-order valence-electron chi connectivity index (χ4n) is 2.85. The Bertz CT molecular complexity index is 682. The molecular formula is C14H18N4O2. The lowest BCUT2D eigenvalue weighted by molar-refractivity contribution is 0.222. The third-order valence-electron chi connectivity index (χ3n) is 3.95. The van der Waals surface area contributed by atoms with Crippen molar-refractivity contribution in [3.63, 3.8) is 0 Å². The van der Waals surface area contributed by atoms with Crippen LogP contribution in [-0.4, -0.2) is 27.7 Å². The Labute approximate surface area is 116 Å². The summed E-state index contributed by atoms with van der Waals surface area (Å²) in [5, 5.41) is 13.0. The molecule has 2 unspecified atom stereocenters. The van der Waals surface area contributed by atoms with Crippen molar-refractivity contribution in [3.8, 4) is 0 Å². The zero-order valence-electron chi connectivity index (χ0n) is 11.1. The molecule has 20 heavy (non-hydrogen) atoms. The molecule has 5 N–H and O–H groups in total. The molecule has 6 heteroatoms. The second kappa shape index (κ2) is 5.13. The molecule has 0 amide bonds. The molecule has 1 saturated carbocycles. The number of aromatic amines is 1. The van der Waals surface area contributed by atoms with E-state index in [2.05, 4.69) is 15.3 Å². The van der Waals surface area contributed by atoms with Gasteiger partial charge < -0.3 is 16.2 Å². The van der Waals surface area contributed by atoms with Gasteiger partial charge in [0.2, 0.25) is 5.95 Å². The van der Waals surface area contributed by atoms with Crippen LogP contribution in [0, 0.1) is 5.92 Å².